The molecule has 7 heteroatoms. The van der Waals surface area contributed by atoms with E-state index in [-0.39, 0.29) is 5.95 Å². The number of anilines is 3. The fourth-order valence-corrected chi connectivity index (χ4v) is 2.46. The summed E-state index contributed by atoms with van der Waals surface area (Å²) in [6.45, 7) is 11.0. The summed E-state index contributed by atoms with van der Waals surface area (Å²) < 4.78 is 0. The first-order valence-corrected chi connectivity index (χ1v) is 7.92. The van der Waals surface area contributed by atoms with Crippen LogP contribution in [0.3, 0.4) is 0 Å². The lowest BCUT2D eigenvalue weighted by Crippen LogP contribution is -2.31. The Morgan fingerprint density at radius 1 is 1.10 bits per heavy atom. The van der Waals surface area contributed by atoms with Crippen molar-refractivity contribution in [1.29, 1.82) is 0 Å². The van der Waals surface area contributed by atoms with Crippen molar-refractivity contribution in [3.63, 3.8) is 0 Å². The maximum absolute atomic E-state index is 5.78. The highest BCUT2D eigenvalue weighted by Crippen LogP contribution is 2.25. The monoisotopic (exact) mass is 293 g/mol. The molecule has 0 bridgehead atoms. The van der Waals surface area contributed by atoms with Crippen LogP contribution in [0.25, 0.3) is 0 Å². The quantitative estimate of drug-likeness (QED) is 0.707. The van der Waals surface area contributed by atoms with Crippen LogP contribution in [0.4, 0.5) is 17.8 Å². The van der Waals surface area contributed by atoms with Crippen LogP contribution in [-0.2, 0) is 0 Å². The standard InChI is InChI=1S/C14H27N7/c1-4-20(5-2)14-18-12(15)17-13(19-14)16-9-10-21(6-3)11-7-8-11/h11H,4-10H2,1-3H3,(H3,15,16,17,18,19). The van der Waals surface area contributed by atoms with E-state index in [1.165, 1.54) is 12.8 Å². The average Bonchev–Trinajstić information content (AvgIpc) is 3.29. The van der Waals surface area contributed by atoms with Gasteiger partial charge in [0.05, 0.1) is 0 Å². The molecular formula is C14H27N7. The van der Waals surface area contributed by atoms with Crippen LogP contribution < -0.4 is 16.0 Å². The molecule has 1 aromatic heterocycles. The highest BCUT2D eigenvalue weighted by atomic mass is 15.3. The molecule has 2 rings (SSSR count). The van der Waals surface area contributed by atoms with E-state index >= 15 is 0 Å². The van der Waals surface area contributed by atoms with Crippen LogP contribution in [0, 0.1) is 0 Å². The van der Waals surface area contributed by atoms with Crippen molar-refractivity contribution in [2.45, 2.75) is 39.7 Å². The fourth-order valence-electron chi connectivity index (χ4n) is 2.46. The number of nitrogens with two attached hydrogens (primary N) is 1. The lowest BCUT2D eigenvalue weighted by atomic mass is 10.4. The number of nitrogens with one attached hydrogen (secondary N) is 1. The largest absolute Gasteiger partial charge is 0.368 e. The molecule has 3 N–H and O–H groups in total. The smallest absolute Gasteiger partial charge is 0.231 e. The second-order valence-electron chi connectivity index (χ2n) is 5.28. The number of rotatable bonds is 9. The van der Waals surface area contributed by atoms with Crippen LogP contribution in [0.15, 0.2) is 0 Å². The van der Waals surface area contributed by atoms with Gasteiger partial charge in [0.25, 0.3) is 0 Å². The second-order valence-corrected chi connectivity index (χ2v) is 5.28. The summed E-state index contributed by atoms with van der Waals surface area (Å²) in [5.74, 6) is 1.48. The average molecular weight is 293 g/mol. The van der Waals surface area contributed by atoms with Gasteiger partial charge in [-0.2, -0.15) is 15.0 Å². The number of nitrogens with zero attached hydrogens (tertiary/aromatic N) is 5. The van der Waals surface area contributed by atoms with E-state index in [9.17, 15) is 0 Å². The Labute approximate surface area is 127 Å². The molecule has 1 aliphatic carbocycles. The molecule has 0 aliphatic heterocycles. The van der Waals surface area contributed by atoms with Gasteiger partial charge in [0.2, 0.25) is 17.8 Å². The van der Waals surface area contributed by atoms with Gasteiger partial charge in [-0.05, 0) is 33.2 Å². The minimum absolute atomic E-state index is 0.268. The zero-order valence-electron chi connectivity index (χ0n) is 13.3. The van der Waals surface area contributed by atoms with Gasteiger partial charge in [-0.3, -0.25) is 4.90 Å². The van der Waals surface area contributed by atoms with Crippen molar-refractivity contribution >= 4 is 17.8 Å². The molecule has 7 nitrogen and oxygen atoms in total. The van der Waals surface area contributed by atoms with Crippen molar-refractivity contribution in [1.82, 2.24) is 19.9 Å². The zero-order valence-corrected chi connectivity index (χ0v) is 13.3. The summed E-state index contributed by atoms with van der Waals surface area (Å²) in [7, 11) is 0. The molecule has 0 spiro atoms. The van der Waals surface area contributed by atoms with Crippen molar-refractivity contribution in [3.05, 3.63) is 0 Å². The molecule has 0 amide bonds. The molecular weight excluding hydrogens is 266 g/mol. The first kappa shape index (κ1) is 15.8. The maximum atomic E-state index is 5.78. The van der Waals surface area contributed by atoms with Gasteiger partial charge in [-0.1, -0.05) is 6.92 Å². The van der Waals surface area contributed by atoms with Gasteiger partial charge in [0.15, 0.2) is 0 Å². The van der Waals surface area contributed by atoms with Gasteiger partial charge in [-0.15, -0.1) is 0 Å². The Hall–Kier alpha value is -1.63. The lowest BCUT2D eigenvalue weighted by molar-refractivity contribution is 0.289. The Kier molecular flexibility index (Phi) is 5.55. The number of aromatic nitrogens is 3. The van der Waals surface area contributed by atoms with Crippen molar-refractivity contribution in [3.8, 4) is 0 Å². The number of hydrogen-bond acceptors (Lipinski definition) is 7. The van der Waals surface area contributed by atoms with Gasteiger partial charge in [0, 0.05) is 32.2 Å². The van der Waals surface area contributed by atoms with E-state index in [0.29, 0.717) is 11.9 Å². The molecule has 0 radical (unpaired) electrons. The Bertz CT molecular complexity index is 443. The topological polar surface area (TPSA) is 83.2 Å². The molecule has 1 fully saturated rings. The third-order valence-electron chi connectivity index (χ3n) is 3.84. The van der Waals surface area contributed by atoms with E-state index in [4.69, 9.17) is 5.73 Å². The van der Waals surface area contributed by atoms with E-state index in [1.54, 1.807) is 0 Å². The van der Waals surface area contributed by atoms with E-state index in [2.05, 4.69) is 50.8 Å². The number of likely N-dealkylation sites (N-methyl/N-ethyl adjacent to an activating group) is 1. The molecule has 118 valence electrons. The minimum atomic E-state index is 0.268. The summed E-state index contributed by atoms with van der Waals surface area (Å²) in [5.41, 5.74) is 5.78. The highest BCUT2D eigenvalue weighted by molar-refractivity contribution is 5.41. The van der Waals surface area contributed by atoms with Gasteiger partial charge in [0.1, 0.15) is 0 Å². The molecule has 21 heavy (non-hydrogen) atoms. The molecule has 0 atom stereocenters. The third-order valence-corrected chi connectivity index (χ3v) is 3.84. The predicted molar refractivity (Wildman–Crippen MR) is 86.6 cm³/mol. The van der Waals surface area contributed by atoms with E-state index < -0.39 is 0 Å². The van der Waals surface area contributed by atoms with Crippen LogP contribution in [0.1, 0.15) is 33.6 Å². The summed E-state index contributed by atoms with van der Waals surface area (Å²) in [6.07, 6.45) is 2.66. The molecule has 1 aliphatic rings. The molecule has 0 aromatic carbocycles. The molecule has 1 saturated carbocycles. The van der Waals surface area contributed by atoms with Crippen molar-refractivity contribution in [2.24, 2.45) is 0 Å². The fraction of sp³-hybridized carbons (Fsp3) is 0.786. The first-order valence-electron chi connectivity index (χ1n) is 7.92. The van der Waals surface area contributed by atoms with Gasteiger partial charge >= 0.3 is 0 Å². The summed E-state index contributed by atoms with van der Waals surface area (Å²) >= 11 is 0. The van der Waals surface area contributed by atoms with Crippen LogP contribution in [0.5, 0.6) is 0 Å². The molecule has 0 saturated heterocycles. The predicted octanol–water partition coefficient (Wildman–Crippen LogP) is 1.20. The highest BCUT2D eigenvalue weighted by Gasteiger charge is 2.27. The minimum Gasteiger partial charge on any atom is -0.368 e. The summed E-state index contributed by atoms with van der Waals surface area (Å²) in [5, 5.41) is 3.27. The van der Waals surface area contributed by atoms with Crippen LogP contribution >= 0.6 is 0 Å². The molecule has 1 heterocycles. The Morgan fingerprint density at radius 3 is 2.38 bits per heavy atom. The maximum Gasteiger partial charge on any atom is 0.231 e. The Balaban J connectivity index is 1.92. The lowest BCUT2D eigenvalue weighted by Gasteiger charge is -2.21. The number of nitrogen functional groups attached to an aromatic ring is 1. The van der Waals surface area contributed by atoms with Gasteiger partial charge < -0.3 is 16.0 Å². The van der Waals surface area contributed by atoms with E-state index in [1.807, 2.05) is 0 Å². The van der Waals surface area contributed by atoms with Crippen LogP contribution in [-0.4, -0.2) is 58.6 Å². The molecule has 0 unspecified atom stereocenters. The van der Waals surface area contributed by atoms with Gasteiger partial charge in [-0.25, -0.2) is 0 Å². The van der Waals surface area contributed by atoms with Crippen molar-refractivity contribution in [2.75, 3.05) is 48.7 Å². The molecule has 1 aromatic rings. The van der Waals surface area contributed by atoms with E-state index in [0.717, 1.165) is 38.8 Å². The second kappa shape index (κ2) is 7.40. The summed E-state index contributed by atoms with van der Waals surface area (Å²) in [4.78, 5) is 17.4. The normalized spacial score (nSPS) is 14.5. The first-order chi connectivity index (χ1) is 10.2. The van der Waals surface area contributed by atoms with Crippen molar-refractivity contribution < 1.29 is 0 Å². The number of hydrogen-bond donors (Lipinski definition) is 2. The SMILES string of the molecule is CCN(CC)c1nc(N)nc(NCCN(CC)C2CC2)n1. The Morgan fingerprint density at radius 2 is 1.81 bits per heavy atom. The zero-order chi connectivity index (χ0) is 15.2. The van der Waals surface area contributed by atoms with Crippen LogP contribution in [0.2, 0.25) is 0 Å². The summed E-state index contributed by atoms with van der Waals surface area (Å²) in [6, 6.07) is 0.784. The third kappa shape index (κ3) is 4.42.